The van der Waals surface area contributed by atoms with Gasteiger partial charge in [-0.25, -0.2) is 9.89 Å². The van der Waals surface area contributed by atoms with E-state index in [4.69, 9.17) is 5.73 Å². The van der Waals surface area contributed by atoms with Crippen LogP contribution in [0.2, 0.25) is 0 Å². The molecular formula is C10H20N4OS. The molecule has 0 saturated carbocycles. The Kier molecular flexibility index (Phi) is 5.08. The molecule has 1 heterocycles. The van der Waals surface area contributed by atoms with E-state index in [0.717, 1.165) is 18.0 Å². The van der Waals surface area contributed by atoms with Crippen LogP contribution in [0.5, 0.6) is 0 Å². The van der Waals surface area contributed by atoms with Crippen molar-refractivity contribution in [1.29, 1.82) is 0 Å². The second-order valence-electron chi connectivity index (χ2n) is 3.86. The lowest BCUT2D eigenvalue weighted by Crippen LogP contribution is -2.29. The van der Waals surface area contributed by atoms with E-state index in [9.17, 15) is 4.79 Å². The molecule has 5 nitrogen and oxygen atoms in total. The van der Waals surface area contributed by atoms with Gasteiger partial charge in [0.15, 0.2) is 5.16 Å². The van der Waals surface area contributed by atoms with Crippen molar-refractivity contribution in [3.63, 3.8) is 0 Å². The van der Waals surface area contributed by atoms with Crippen LogP contribution < -0.4 is 11.4 Å². The molecule has 0 aliphatic carbocycles. The predicted molar refractivity (Wildman–Crippen MR) is 66.7 cm³/mol. The largest absolute Gasteiger partial charge is 0.343 e. The van der Waals surface area contributed by atoms with Crippen molar-refractivity contribution in [2.24, 2.45) is 5.73 Å². The van der Waals surface area contributed by atoms with Gasteiger partial charge >= 0.3 is 5.69 Å². The van der Waals surface area contributed by atoms with Gasteiger partial charge in [-0.1, -0.05) is 32.5 Å². The molecule has 0 fully saturated rings. The van der Waals surface area contributed by atoms with Crippen LogP contribution in [0.4, 0.5) is 0 Å². The molecule has 0 radical (unpaired) electrons. The summed E-state index contributed by atoms with van der Waals surface area (Å²) in [5, 5.41) is 7.50. The minimum atomic E-state index is -0.137. The number of rotatable bonds is 6. The van der Waals surface area contributed by atoms with Gasteiger partial charge in [-0.3, -0.25) is 4.57 Å². The number of nitrogens with one attached hydrogen (secondary N) is 1. The molecule has 1 aromatic heterocycles. The van der Waals surface area contributed by atoms with E-state index < -0.39 is 0 Å². The number of nitrogens with zero attached hydrogens (tertiary/aromatic N) is 2. The molecule has 1 rings (SSSR count). The molecule has 2 unspecified atom stereocenters. The van der Waals surface area contributed by atoms with Crippen LogP contribution >= 0.6 is 11.8 Å². The maximum atomic E-state index is 11.5. The topological polar surface area (TPSA) is 76.7 Å². The molecule has 6 heteroatoms. The number of thioether (sulfide) groups is 1. The van der Waals surface area contributed by atoms with Crippen molar-refractivity contribution < 1.29 is 0 Å². The standard InChI is InChI=1S/C10H20N4OS/c1-4-6-14-9(15)12-13-10(14)16-7(3)8(11)5-2/h7-8H,4-6,11H2,1-3H3,(H,12,15). The highest BCUT2D eigenvalue weighted by Gasteiger charge is 2.16. The van der Waals surface area contributed by atoms with E-state index in [-0.39, 0.29) is 17.0 Å². The maximum Gasteiger partial charge on any atom is 0.343 e. The quantitative estimate of drug-likeness (QED) is 0.737. The lowest BCUT2D eigenvalue weighted by Gasteiger charge is -2.16. The third-order valence-electron chi connectivity index (χ3n) is 2.54. The monoisotopic (exact) mass is 244 g/mol. The zero-order chi connectivity index (χ0) is 12.1. The van der Waals surface area contributed by atoms with E-state index in [0.29, 0.717) is 6.54 Å². The summed E-state index contributed by atoms with van der Waals surface area (Å²) >= 11 is 1.56. The minimum absolute atomic E-state index is 0.131. The summed E-state index contributed by atoms with van der Waals surface area (Å²) < 4.78 is 1.67. The number of aromatic amines is 1. The van der Waals surface area contributed by atoms with E-state index >= 15 is 0 Å². The number of hydrogen-bond acceptors (Lipinski definition) is 4. The molecule has 0 aliphatic heterocycles. The van der Waals surface area contributed by atoms with Gasteiger partial charge in [0.1, 0.15) is 0 Å². The molecule has 0 bridgehead atoms. The fraction of sp³-hybridized carbons (Fsp3) is 0.800. The number of hydrogen-bond donors (Lipinski definition) is 2. The van der Waals surface area contributed by atoms with Crippen molar-refractivity contribution in [3.05, 3.63) is 10.5 Å². The molecule has 16 heavy (non-hydrogen) atoms. The summed E-state index contributed by atoms with van der Waals surface area (Å²) in [5.74, 6) is 0. The van der Waals surface area contributed by atoms with Crippen molar-refractivity contribution in [1.82, 2.24) is 14.8 Å². The van der Waals surface area contributed by atoms with Gasteiger partial charge in [0.25, 0.3) is 0 Å². The summed E-state index contributed by atoms with van der Waals surface area (Å²) in [6.07, 6.45) is 1.85. The van der Waals surface area contributed by atoms with E-state index in [1.165, 1.54) is 0 Å². The highest BCUT2D eigenvalue weighted by molar-refractivity contribution is 7.99. The van der Waals surface area contributed by atoms with Gasteiger partial charge in [0, 0.05) is 17.8 Å². The second kappa shape index (κ2) is 6.10. The fourth-order valence-corrected chi connectivity index (χ4v) is 2.50. The second-order valence-corrected chi connectivity index (χ2v) is 5.20. The van der Waals surface area contributed by atoms with Gasteiger partial charge < -0.3 is 5.73 Å². The Labute approximate surface area is 99.8 Å². The van der Waals surface area contributed by atoms with Crippen LogP contribution in [-0.2, 0) is 6.54 Å². The van der Waals surface area contributed by atoms with Gasteiger partial charge in [-0.05, 0) is 12.8 Å². The molecule has 0 saturated heterocycles. The smallest absolute Gasteiger partial charge is 0.327 e. The third kappa shape index (κ3) is 3.12. The predicted octanol–water partition coefficient (Wildman–Crippen LogP) is 1.20. The Bertz CT molecular complexity index is 373. The van der Waals surface area contributed by atoms with Crippen LogP contribution in [0.1, 0.15) is 33.6 Å². The SMILES string of the molecule is CCCn1c(SC(C)C(N)CC)n[nH]c1=O. The molecule has 0 spiro atoms. The summed E-state index contributed by atoms with van der Waals surface area (Å²) in [4.78, 5) is 11.5. The molecular weight excluding hydrogens is 224 g/mol. The first kappa shape index (κ1) is 13.3. The van der Waals surface area contributed by atoms with Crippen LogP contribution in [-0.4, -0.2) is 26.1 Å². The Morgan fingerprint density at radius 1 is 1.56 bits per heavy atom. The van der Waals surface area contributed by atoms with Gasteiger partial charge in [0.2, 0.25) is 0 Å². The Morgan fingerprint density at radius 2 is 2.25 bits per heavy atom. The first-order valence-electron chi connectivity index (χ1n) is 5.67. The number of H-pyrrole nitrogens is 1. The Morgan fingerprint density at radius 3 is 2.81 bits per heavy atom. The molecule has 0 amide bonds. The number of nitrogens with two attached hydrogens (primary N) is 1. The molecule has 3 N–H and O–H groups in total. The highest BCUT2D eigenvalue weighted by Crippen LogP contribution is 2.22. The van der Waals surface area contributed by atoms with Crippen molar-refractivity contribution >= 4 is 11.8 Å². The zero-order valence-electron chi connectivity index (χ0n) is 10.1. The lowest BCUT2D eigenvalue weighted by atomic mass is 10.2. The van der Waals surface area contributed by atoms with E-state index in [1.807, 2.05) is 6.92 Å². The average Bonchev–Trinajstić information content (AvgIpc) is 2.61. The van der Waals surface area contributed by atoms with E-state index in [1.54, 1.807) is 16.3 Å². The Hall–Kier alpha value is -0.750. The summed E-state index contributed by atoms with van der Waals surface area (Å²) in [7, 11) is 0. The molecule has 92 valence electrons. The fourth-order valence-electron chi connectivity index (χ4n) is 1.40. The average molecular weight is 244 g/mol. The summed E-state index contributed by atoms with van der Waals surface area (Å²) in [6.45, 7) is 6.86. The minimum Gasteiger partial charge on any atom is -0.327 e. The Balaban J connectivity index is 2.77. The maximum absolute atomic E-state index is 11.5. The summed E-state index contributed by atoms with van der Waals surface area (Å²) in [6, 6.07) is 0.131. The van der Waals surface area contributed by atoms with Gasteiger partial charge in [-0.15, -0.1) is 5.10 Å². The van der Waals surface area contributed by atoms with Gasteiger partial charge in [0.05, 0.1) is 0 Å². The normalized spacial score (nSPS) is 15.0. The highest BCUT2D eigenvalue weighted by atomic mass is 32.2. The van der Waals surface area contributed by atoms with Gasteiger partial charge in [-0.2, -0.15) is 0 Å². The summed E-state index contributed by atoms with van der Waals surface area (Å²) in [5.41, 5.74) is 5.81. The number of aromatic nitrogens is 3. The zero-order valence-corrected chi connectivity index (χ0v) is 10.9. The van der Waals surface area contributed by atoms with Crippen LogP contribution in [0.15, 0.2) is 9.95 Å². The van der Waals surface area contributed by atoms with Crippen LogP contribution in [0.3, 0.4) is 0 Å². The van der Waals surface area contributed by atoms with Crippen molar-refractivity contribution in [2.75, 3.05) is 0 Å². The third-order valence-corrected chi connectivity index (χ3v) is 3.78. The molecule has 2 atom stereocenters. The van der Waals surface area contributed by atoms with Crippen LogP contribution in [0.25, 0.3) is 0 Å². The molecule has 1 aromatic rings. The van der Waals surface area contributed by atoms with Crippen LogP contribution in [0, 0.1) is 0 Å². The first-order valence-corrected chi connectivity index (χ1v) is 6.55. The first-order chi connectivity index (χ1) is 7.60. The van der Waals surface area contributed by atoms with Crippen molar-refractivity contribution in [2.45, 2.75) is 56.6 Å². The van der Waals surface area contributed by atoms with Crippen molar-refractivity contribution in [3.8, 4) is 0 Å². The van der Waals surface area contributed by atoms with E-state index in [2.05, 4.69) is 24.0 Å². The molecule has 0 aliphatic rings. The molecule has 0 aromatic carbocycles. The lowest BCUT2D eigenvalue weighted by molar-refractivity contribution is 0.596.